The number of pyridine rings is 1. The highest BCUT2D eigenvalue weighted by Crippen LogP contribution is 2.33. The van der Waals surface area contributed by atoms with E-state index in [0.717, 1.165) is 73.3 Å². The maximum absolute atomic E-state index is 13.0. The standard InChI is InChI=1S/C25H34N6O3/c1-3-23(24-27-28-29-31(24)19-7-4-5-8-19)30(16-21-9-6-12-34-21)15-18-13-17-14-20(33-2)10-11-22(17)26-25(18)32/h10-11,13-14,19,21,23H,3-9,12,15-16H2,1-2H3,(H,26,32)/t21-,23+/m1/s1. The van der Waals surface area contributed by atoms with Crippen molar-refractivity contribution < 1.29 is 9.47 Å². The number of nitrogens with one attached hydrogen (secondary N) is 1. The lowest BCUT2D eigenvalue weighted by molar-refractivity contribution is 0.0484. The van der Waals surface area contributed by atoms with E-state index in [0.29, 0.717) is 12.6 Å². The highest BCUT2D eigenvalue weighted by atomic mass is 16.5. The second kappa shape index (κ2) is 10.2. The maximum Gasteiger partial charge on any atom is 0.252 e. The zero-order chi connectivity index (χ0) is 23.5. The minimum absolute atomic E-state index is 0.000191. The molecule has 2 aliphatic rings. The van der Waals surface area contributed by atoms with E-state index < -0.39 is 0 Å². The average Bonchev–Trinajstić information content (AvgIpc) is 3.62. The summed E-state index contributed by atoms with van der Waals surface area (Å²) in [5, 5.41) is 13.9. The number of nitrogens with zero attached hydrogens (tertiary/aromatic N) is 5. The third-order valence-electron chi connectivity index (χ3n) is 7.28. The average molecular weight is 467 g/mol. The van der Waals surface area contributed by atoms with E-state index in [9.17, 15) is 4.79 Å². The lowest BCUT2D eigenvalue weighted by atomic mass is 10.1. The monoisotopic (exact) mass is 466 g/mol. The molecule has 1 N–H and O–H groups in total. The summed E-state index contributed by atoms with van der Waals surface area (Å²) in [6.45, 7) is 4.20. The van der Waals surface area contributed by atoms with Crippen molar-refractivity contribution in [3.63, 3.8) is 0 Å². The number of methoxy groups -OCH3 is 1. The van der Waals surface area contributed by atoms with Gasteiger partial charge in [0.1, 0.15) is 5.75 Å². The van der Waals surface area contributed by atoms with E-state index >= 15 is 0 Å². The van der Waals surface area contributed by atoms with Gasteiger partial charge in [0.15, 0.2) is 5.82 Å². The number of hydrogen-bond donors (Lipinski definition) is 1. The van der Waals surface area contributed by atoms with Crippen molar-refractivity contribution in [3.8, 4) is 5.75 Å². The first kappa shape index (κ1) is 23.0. The van der Waals surface area contributed by atoms with Crippen LogP contribution in [0, 0.1) is 0 Å². The predicted octanol–water partition coefficient (Wildman–Crippen LogP) is 3.77. The molecule has 0 bridgehead atoms. The van der Waals surface area contributed by atoms with Crippen molar-refractivity contribution in [3.05, 3.63) is 46.0 Å². The second-order valence-corrected chi connectivity index (χ2v) is 9.49. The van der Waals surface area contributed by atoms with Gasteiger partial charge in [-0.25, -0.2) is 4.68 Å². The van der Waals surface area contributed by atoms with Gasteiger partial charge in [-0.1, -0.05) is 19.8 Å². The van der Waals surface area contributed by atoms with E-state index in [2.05, 4.69) is 32.3 Å². The van der Waals surface area contributed by atoms with Crippen LogP contribution >= 0.6 is 0 Å². The van der Waals surface area contributed by atoms with Crippen molar-refractivity contribution in [2.45, 2.75) is 76.6 Å². The van der Waals surface area contributed by atoms with E-state index in [1.54, 1.807) is 7.11 Å². The Hall–Kier alpha value is -2.78. The van der Waals surface area contributed by atoms with Crippen LogP contribution in [0.4, 0.5) is 0 Å². The van der Waals surface area contributed by atoms with Crippen LogP contribution in [0.1, 0.15) is 75.3 Å². The molecule has 1 aliphatic carbocycles. The maximum atomic E-state index is 13.0. The molecular weight excluding hydrogens is 432 g/mol. The zero-order valence-electron chi connectivity index (χ0n) is 20.1. The molecule has 1 saturated carbocycles. The molecule has 2 fully saturated rings. The molecule has 1 aromatic carbocycles. The number of ether oxygens (including phenoxy) is 2. The summed E-state index contributed by atoms with van der Waals surface area (Å²) in [4.78, 5) is 18.4. The summed E-state index contributed by atoms with van der Waals surface area (Å²) >= 11 is 0. The summed E-state index contributed by atoms with van der Waals surface area (Å²) in [5.74, 6) is 1.66. The van der Waals surface area contributed by atoms with Crippen LogP contribution in [0.15, 0.2) is 29.1 Å². The van der Waals surface area contributed by atoms with Crippen LogP contribution in [0.25, 0.3) is 10.9 Å². The fourth-order valence-electron chi connectivity index (χ4n) is 5.48. The number of rotatable bonds is 9. The summed E-state index contributed by atoms with van der Waals surface area (Å²) in [6.07, 6.45) is 7.78. The quantitative estimate of drug-likeness (QED) is 0.512. The highest BCUT2D eigenvalue weighted by molar-refractivity contribution is 5.80. The molecule has 34 heavy (non-hydrogen) atoms. The lowest BCUT2D eigenvalue weighted by Gasteiger charge is -2.32. The molecule has 9 nitrogen and oxygen atoms in total. The van der Waals surface area contributed by atoms with Crippen molar-refractivity contribution >= 4 is 10.9 Å². The van der Waals surface area contributed by atoms with Crippen LogP contribution in [-0.2, 0) is 11.3 Å². The normalized spacial score (nSPS) is 19.9. The molecular formula is C25H34N6O3. The topological polar surface area (TPSA) is 98.2 Å². The Balaban J connectivity index is 1.49. The Labute approximate surface area is 199 Å². The smallest absolute Gasteiger partial charge is 0.252 e. The Morgan fingerprint density at radius 3 is 2.82 bits per heavy atom. The lowest BCUT2D eigenvalue weighted by Crippen LogP contribution is -2.38. The molecule has 0 unspecified atom stereocenters. The van der Waals surface area contributed by atoms with Crippen LogP contribution in [-0.4, -0.2) is 56.5 Å². The molecule has 1 saturated heterocycles. The first-order valence-corrected chi connectivity index (χ1v) is 12.5. The van der Waals surface area contributed by atoms with Crippen molar-refractivity contribution in [1.29, 1.82) is 0 Å². The third kappa shape index (κ3) is 4.72. The van der Waals surface area contributed by atoms with Gasteiger partial charge in [-0.2, -0.15) is 0 Å². The molecule has 0 amide bonds. The molecule has 0 radical (unpaired) electrons. The van der Waals surface area contributed by atoms with Gasteiger partial charge in [0, 0.05) is 36.2 Å². The number of fused-ring (bicyclic) bond motifs is 1. The van der Waals surface area contributed by atoms with Gasteiger partial charge < -0.3 is 14.5 Å². The number of aromatic amines is 1. The van der Waals surface area contributed by atoms with Crippen LogP contribution in [0.2, 0.25) is 0 Å². The van der Waals surface area contributed by atoms with Crippen LogP contribution < -0.4 is 10.3 Å². The van der Waals surface area contributed by atoms with Gasteiger partial charge in [-0.3, -0.25) is 9.69 Å². The SMILES string of the molecule is CC[C@@H](c1nnnn1C1CCCC1)N(Cc1cc2cc(OC)ccc2[nH]c1=O)C[C@H]1CCCO1. The fraction of sp³-hybridized carbons (Fsp3) is 0.600. The Bertz CT molecular complexity index is 1160. The first-order chi connectivity index (χ1) is 16.7. The van der Waals surface area contributed by atoms with Gasteiger partial charge in [0.25, 0.3) is 5.56 Å². The molecule has 1 aliphatic heterocycles. The minimum Gasteiger partial charge on any atom is -0.497 e. The highest BCUT2D eigenvalue weighted by Gasteiger charge is 2.31. The van der Waals surface area contributed by atoms with E-state index in [1.807, 2.05) is 28.9 Å². The predicted molar refractivity (Wildman–Crippen MR) is 129 cm³/mol. The van der Waals surface area contributed by atoms with Crippen molar-refractivity contribution in [2.24, 2.45) is 0 Å². The molecule has 5 rings (SSSR count). The summed E-state index contributed by atoms with van der Waals surface area (Å²) < 4.78 is 13.4. The van der Waals surface area contributed by atoms with Crippen LogP contribution in [0.5, 0.6) is 5.75 Å². The largest absolute Gasteiger partial charge is 0.497 e. The second-order valence-electron chi connectivity index (χ2n) is 9.49. The molecule has 182 valence electrons. The van der Waals surface area contributed by atoms with Gasteiger partial charge in [-0.05, 0) is 66.8 Å². The molecule has 3 heterocycles. The summed E-state index contributed by atoms with van der Waals surface area (Å²) in [5.41, 5.74) is 1.45. The number of hydrogen-bond acceptors (Lipinski definition) is 7. The fourth-order valence-corrected chi connectivity index (χ4v) is 5.48. The summed E-state index contributed by atoms with van der Waals surface area (Å²) in [7, 11) is 1.65. The van der Waals surface area contributed by atoms with Gasteiger partial charge in [-0.15, -0.1) is 5.10 Å². The van der Waals surface area contributed by atoms with Crippen molar-refractivity contribution in [1.82, 2.24) is 30.1 Å². The summed E-state index contributed by atoms with van der Waals surface area (Å²) in [6, 6.07) is 8.04. The number of tetrazole rings is 1. The third-order valence-corrected chi connectivity index (χ3v) is 7.28. The van der Waals surface area contributed by atoms with Crippen LogP contribution in [0.3, 0.4) is 0 Å². The number of benzene rings is 1. The Morgan fingerprint density at radius 1 is 1.24 bits per heavy atom. The first-order valence-electron chi connectivity index (χ1n) is 12.5. The molecule has 2 aromatic heterocycles. The Morgan fingerprint density at radius 2 is 2.09 bits per heavy atom. The minimum atomic E-state index is -0.0692. The van der Waals surface area contributed by atoms with Gasteiger partial charge in [0.05, 0.1) is 25.3 Å². The zero-order valence-corrected chi connectivity index (χ0v) is 20.1. The number of H-pyrrole nitrogens is 1. The number of aromatic nitrogens is 5. The Kier molecular flexibility index (Phi) is 6.92. The molecule has 9 heteroatoms. The molecule has 0 spiro atoms. The molecule has 2 atom stereocenters. The van der Waals surface area contributed by atoms with E-state index in [4.69, 9.17) is 9.47 Å². The van der Waals surface area contributed by atoms with E-state index in [-0.39, 0.29) is 17.7 Å². The van der Waals surface area contributed by atoms with Gasteiger partial charge in [0.2, 0.25) is 0 Å². The van der Waals surface area contributed by atoms with Crippen molar-refractivity contribution in [2.75, 3.05) is 20.3 Å². The van der Waals surface area contributed by atoms with E-state index in [1.165, 1.54) is 12.8 Å². The molecule has 3 aromatic rings. The van der Waals surface area contributed by atoms with Gasteiger partial charge >= 0.3 is 0 Å².